The van der Waals surface area contributed by atoms with Crippen LogP contribution in [0.25, 0.3) is 0 Å². The third-order valence-corrected chi connectivity index (χ3v) is 3.43. The summed E-state index contributed by atoms with van der Waals surface area (Å²) in [4.78, 5) is 11.6. The van der Waals surface area contributed by atoms with Crippen LogP contribution in [0.3, 0.4) is 0 Å². The molecule has 0 saturated carbocycles. The number of nitrogens with zero attached hydrogens (tertiary/aromatic N) is 2. The maximum atomic E-state index is 11.6. The molecule has 1 heterocycles. The highest BCUT2D eigenvalue weighted by molar-refractivity contribution is 6.37. The van der Waals surface area contributed by atoms with Gasteiger partial charge >= 0.3 is 5.76 Å². The van der Waals surface area contributed by atoms with E-state index >= 15 is 0 Å². The zero-order chi connectivity index (χ0) is 16.1. The molecule has 0 spiro atoms. The van der Waals surface area contributed by atoms with E-state index in [2.05, 4.69) is 5.10 Å². The van der Waals surface area contributed by atoms with Crippen LogP contribution >= 0.6 is 23.2 Å². The van der Waals surface area contributed by atoms with E-state index in [9.17, 15) is 9.90 Å². The van der Waals surface area contributed by atoms with Crippen LogP contribution in [-0.4, -0.2) is 27.6 Å². The minimum atomic E-state index is -0.954. The summed E-state index contributed by atoms with van der Waals surface area (Å²) in [6, 6.07) is 4.96. The molecule has 1 N–H and O–H groups in total. The number of aliphatic hydroxyl groups excluding tert-OH is 1. The van der Waals surface area contributed by atoms with Crippen LogP contribution in [0.4, 0.5) is 0 Å². The standard InChI is InChI=1S/C14H16Cl2N2O4/c1-2-4-12-17-18(14(20)22-12)7-9(19)8-21-13-10(15)5-3-6-11(13)16/h3,5-6,9,19H,2,4,7-8H2,1H3. The first-order valence-corrected chi connectivity index (χ1v) is 7.58. The average Bonchev–Trinajstić information content (AvgIpc) is 2.78. The summed E-state index contributed by atoms with van der Waals surface area (Å²) in [6.07, 6.45) is 0.436. The van der Waals surface area contributed by atoms with Crippen LogP contribution < -0.4 is 10.5 Å². The maximum absolute atomic E-state index is 11.6. The highest BCUT2D eigenvalue weighted by Gasteiger charge is 2.14. The predicted molar refractivity (Wildman–Crippen MR) is 82.7 cm³/mol. The van der Waals surface area contributed by atoms with Gasteiger partial charge in [-0.2, -0.15) is 4.68 Å². The Morgan fingerprint density at radius 3 is 2.73 bits per heavy atom. The number of hydrogen-bond acceptors (Lipinski definition) is 5. The molecule has 1 atom stereocenters. The number of halogens is 2. The van der Waals surface area contributed by atoms with E-state index in [1.165, 1.54) is 0 Å². The lowest BCUT2D eigenvalue weighted by molar-refractivity contribution is 0.0876. The minimum Gasteiger partial charge on any atom is -0.488 e. The summed E-state index contributed by atoms with van der Waals surface area (Å²) in [5, 5.41) is 14.7. The molecule has 2 aromatic rings. The van der Waals surface area contributed by atoms with Crippen molar-refractivity contribution < 1.29 is 14.3 Å². The minimum absolute atomic E-state index is 0.0336. The van der Waals surface area contributed by atoms with Gasteiger partial charge in [0.25, 0.3) is 0 Å². The molecule has 0 amide bonds. The van der Waals surface area contributed by atoms with Gasteiger partial charge in [0.1, 0.15) is 12.7 Å². The van der Waals surface area contributed by atoms with Crippen molar-refractivity contribution in [3.8, 4) is 5.75 Å². The number of ether oxygens (including phenoxy) is 1. The summed E-state index contributed by atoms with van der Waals surface area (Å²) in [5.41, 5.74) is 0. The van der Waals surface area contributed by atoms with Crippen molar-refractivity contribution in [3.63, 3.8) is 0 Å². The lowest BCUT2D eigenvalue weighted by Crippen LogP contribution is -2.29. The van der Waals surface area contributed by atoms with Gasteiger partial charge in [0.2, 0.25) is 5.89 Å². The number of aromatic nitrogens is 2. The Hall–Kier alpha value is -1.50. The molecule has 8 heteroatoms. The van der Waals surface area contributed by atoms with Crippen molar-refractivity contribution in [3.05, 3.63) is 44.7 Å². The Kier molecular flexibility index (Phi) is 5.88. The molecule has 0 aliphatic rings. The fraction of sp³-hybridized carbons (Fsp3) is 0.429. The molecule has 1 unspecified atom stereocenters. The molecule has 22 heavy (non-hydrogen) atoms. The molecule has 2 rings (SSSR count). The first-order valence-electron chi connectivity index (χ1n) is 6.83. The molecular weight excluding hydrogens is 331 g/mol. The number of benzene rings is 1. The Labute approximate surface area is 137 Å². The van der Waals surface area contributed by atoms with Crippen LogP contribution in [0, 0.1) is 0 Å². The van der Waals surface area contributed by atoms with E-state index in [0.717, 1.165) is 11.1 Å². The molecule has 6 nitrogen and oxygen atoms in total. The van der Waals surface area contributed by atoms with Gasteiger partial charge < -0.3 is 14.3 Å². The van der Waals surface area contributed by atoms with Gasteiger partial charge in [-0.3, -0.25) is 0 Å². The Morgan fingerprint density at radius 1 is 1.41 bits per heavy atom. The molecule has 0 fully saturated rings. The third-order valence-electron chi connectivity index (χ3n) is 2.83. The van der Waals surface area contributed by atoms with E-state index < -0.39 is 11.9 Å². The van der Waals surface area contributed by atoms with E-state index in [-0.39, 0.29) is 13.2 Å². The fourth-order valence-electron chi connectivity index (χ4n) is 1.83. The van der Waals surface area contributed by atoms with Gasteiger partial charge in [-0.25, -0.2) is 4.79 Å². The number of para-hydroxylation sites is 1. The lowest BCUT2D eigenvalue weighted by Gasteiger charge is -2.13. The second kappa shape index (κ2) is 7.67. The van der Waals surface area contributed by atoms with Crippen molar-refractivity contribution in [2.24, 2.45) is 0 Å². The Bertz CT molecular complexity index is 663. The molecule has 0 aliphatic heterocycles. The van der Waals surface area contributed by atoms with E-state index in [4.69, 9.17) is 32.4 Å². The zero-order valence-electron chi connectivity index (χ0n) is 12.0. The van der Waals surface area contributed by atoms with Gasteiger partial charge in [0.15, 0.2) is 5.75 Å². The Balaban J connectivity index is 1.96. The SMILES string of the molecule is CCCc1nn(CC(O)COc2c(Cl)cccc2Cl)c(=O)o1. The lowest BCUT2D eigenvalue weighted by atomic mass is 10.3. The molecule has 0 saturated heterocycles. The zero-order valence-corrected chi connectivity index (χ0v) is 13.5. The largest absolute Gasteiger partial charge is 0.488 e. The molecule has 1 aromatic carbocycles. The van der Waals surface area contributed by atoms with Crippen LogP contribution in [0.1, 0.15) is 19.2 Å². The van der Waals surface area contributed by atoms with Crippen molar-refractivity contribution in [1.82, 2.24) is 9.78 Å². The fourth-order valence-corrected chi connectivity index (χ4v) is 2.34. The normalized spacial score (nSPS) is 12.4. The summed E-state index contributed by atoms with van der Waals surface area (Å²) in [5.74, 6) is 0.0529. The van der Waals surface area contributed by atoms with E-state index in [1.807, 2.05) is 6.92 Å². The topological polar surface area (TPSA) is 77.5 Å². The van der Waals surface area contributed by atoms with Gasteiger partial charge in [-0.15, -0.1) is 5.10 Å². The quantitative estimate of drug-likeness (QED) is 0.833. The number of rotatable bonds is 7. The smallest absolute Gasteiger partial charge is 0.437 e. The predicted octanol–water partition coefficient (Wildman–Crippen LogP) is 2.54. The summed E-state index contributed by atoms with van der Waals surface area (Å²) in [6.45, 7) is 1.84. The Morgan fingerprint density at radius 2 is 2.09 bits per heavy atom. The third kappa shape index (κ3) is 4.25. The van der Waals surface area contributed by atoms with E-state index in [0.29, 0.717) is 28.1 Å². The van der Waals surface area contributed by atoms with Crippen molar-refractivity contribution in [2.75, 3.05) is 6.61 Å². The van der Waals surface area contributed by atoms with Crippen molar-refractivity contribution in [2.45, 2.75) is 32.4 Å². The number of hydrogen-bond donors (Lipinski definition) is 1. The summed E-state index contributed by atoms with van der Waals surface area (Å²) < 4.78 is 11.4. The average molecular weight is 347 g/mol. The molecule has 120 valence electrons. The number of aryl methyl sites for hydroxylation is 1. The monoisotopic (exact) mass is 346 g/mol. The molecular formula is C14H16Cl2N2O4. The van der Waals surface area contributed by atoms with Crippen LogP contribution in [0.5, 0.6) is 5.75 Å². The van der Waals surface area contributed by atoms with E-state index in [1.54, 1.807) is 18.2 Å². The summed E-state index contributed by atoms with van der Waals surface area (Å²) in [7, 11) is 0. The van der Waals surface area contributed by atoms with Crippen LogP contribution in [0.2, 0.25) is 10.0 Å². The second-order valence-electron chi connectivity index (χ2n) is 4.71. The first-order chi connectivity index (χ1) is 10.5. The van der Waals surface area contributed by atoms with Crippen LogP contribution in [0.15, 0.2) is 27.4 Å². The molecule has 0 aliphatic carbocycles. The highest BCUT2D eigenvalue weighted by atomic mass is 35.5. The van der Waals surface area contributed by atoms with Crippen LogP contribution in [-0.2, 0) is 13.0 Å². The second-order valence-corrected chi connectivity index (χ2v) is 5.52. The summed E-state index contributed by atoms with van der Waals surface area (Å²) >= 11 is 11.9. The van der Waals surface area contributed by atoms with Gasteiger partial charge in [-0.05, 0) is 18.6 Å². The highest BCUT2D eigenvalue weighted by Crippen LogP contribution is 2.32. The van der Waals surface area contributed by atoms with Crippen molar-refractivity contribution in [1.29, 1.82) is 0 Å². The van der Waals surface area contributed by atoms with Gasteiger partial charge in [0, 0.05) is 6.42 Å². The molecule has 1 aromatic heterocycles. The van der Waals surface area contributed by atoms with Gasteiger partial charge in [0.05, 0.1) is 16.6 Å². The molecule has 0 radical (unpaired) electrons. The van der Waals surface area contributed by atoms with Crippen molar-refractivity contribution >= 4 is 23.2 Å². The maximum Gasteiger partial charge on any atom is 0.437 e. The first kappa shape index (κ1) is 16.9. The van der Waals surface area contributed by atoms with Gasteiger partial charge in [-0.1, -0.05) is 36.2 Å². The number of aliphatic hydroxyl groups is 1. The molecule has 0 bridgehead atoms.